The average Bonchev–Trinajstić information content (AvgIpc) is 3.16. The summed E-state index contributed by atoms with van der Waals surface area (Å²) >= 11 is 7.34. The normalized spacial score (nSPS) is 16.2. The average molecular weight is 509 g/mol. The monoisotopic (exact) mass is 508 g/mol. The fraction of sp³-hybridized carbons (Fsp3) is 0.250. The first-order valence-electron chi connectivity index (χ1n) is 9.65. The summed E-state index contributed by atoms with van der Waals surface area (Å²) in [6, 6.07) is 7.51. The number of nitrogens with zero attached hydrogens (tertiary/aromatic N) is 4. The number of methoxy groups -OCH3 is 1. The summed E-state index contributed by atoms with van der Waals surface area (Å²) in [6.07, 6.45) is 2.89. The molecule has 1 unspecified atom stereocenters. The first kappa shape index (κ1) is 23.4. The van der Waals surface area contributed by atoms with E-state index in [2.05, 4.69) is 19.8 Å². The molecule has 2 aromatic heterocycles. The Morgan fingerprint density at radius 3 is 2.94 bits per heavy atom. The van der Waals surface area contributed by atoms with E-state index in [9.17, 15) is 9.00 Å². The molecule has 0 spiro atoms. The minimum Gasteiger partial charge on any atom is -0.481 e. The summed E-state index contributed by atoms with van der Waals surface area (Å²) in [7, 11) is -2.13. The molecule has 1 aliphatic heterocycles. The summed E-state index contributed by atoms with van der Waals surface area (Å²) in [5.74, 6) is 0.622. The lowest BCUT2D eigenvalue weighted by Crippen LogP contribution is -2.29. The van der Waals surface area contributed by atoms with Crippen molar-refractivity contribution in [3.63, 3.8) is 0 Å². The lowest BCUT2D eigenvalue weighted by molar-refractivity contribution is 0.260. The lowest BCUT2D eigenvalue weighted by Gasteiger charge is -2.28. The predicted octanol–water partition coefficient (Wildman–Crippen LogP) is 4.36. The van der Waals surface area contributed by atoms with Crippen molar-refractivity contribution < 1.29 is 17.9 Å². The molecule has 0 bridgehead atoms. The second-order valence-electron chi connectivity index (χ2n) is 7.76. The van der Waals surface area contributed by atoms with Gasteiger partial charge in [0.05, 0.1) is 42.3 Å². The van der Waals surface area contributed by atoms with Gasteiger partial charge in [0.2, 0.25) is 11.8 Å². The van der Waals surface area contributed by atoms with Crippen molar-refractivity contribution in [3.8, 4) is 22.9 Å². The molecule has 1 aliphatic rings. The number of ether oxygens (including phenoxy) is 1. The van der Waals surface area contributed by atoms with Gasteiger partial charge in [-0.1, -0.05) is 17.7 Å². The van der Waals surface area contributed by atoms with Crippen LogP contribution < -0.4 is 19.4 Å². The molecule has 0 saturated carbocycles. The zero-order valence-corrected chi connectivity index (χ0v) is 20.3. The molecule has 33 heavy (non-hydrogen) atoms. The van der Waals surface area contributed by atoms with Crippen molar-refractivity contribution >= 4 is 45.3 Å². The Balaban J connectivity index is 1.65. The van der Waals surface area contributed by atoms with E-state index in [4.69, 9.17) is 25.7 Å². The molecule has 3 aromatic rings. The number of hydrogen-bond acceptors (Lipinski definition) is 7. The standard InChI is InChI=1S/C20H21ClN6O4S2/c1-20(2)11-27-18(31-32-20)16(10-24-27)33(22,29)26-19(28)25-15-9-13(21)4-5-14(15)12-6-7-23-17(8-12)30-3/h4-10H,11H2,1-3H3,(H3,22,25,26,28,29). The quantitative estimate of drug-likeness (QED) is 0.500. The van der Waals surface area contributed by atoms with Gasteiger partial charge >= 0.3 is 6.03 Å². The Labute approximate surface area is 200 Å². The maximum absolute atomic E-state index is 13.1. The highest BCUT2D eigenvalue weighted by Gasteiger charge is 2.33. The second kappa shape index (κ2) is 8.86. The van der Waals surface area contributed by atoms with Gasteiger partial charge < -0.3 is 14.2 Å². The van der Waals surface area contributed by atoms with E-state index >= 15 is 0 Å². The molecule has 0 saturated heterocycles. The van der Waals surface area contributed by atoms with Crippen LogP contribution in [0.1, 0.15) is 13.8 Å². The third kappa shape index (κ3) is 5.08. The number of anilines is 1. The number of hydrogen-bond donors (Lipinski definition) is 2. The van der Waals surface area contributed by atoms with Crippen LogP contribution in [0.3, 0.4) is 0 Å². The SMILES string of the molecule is COc1cc(-c2ccc(Cl)cc2NC(=O)N=S(N)(=O)c2cnn3c2OSC(C)(C)C3)ccn1. The molecular formula is C20H21ClN6O4S2. The van der Waals surface area contributed by atoms with Crippen molar-refractivity contribution in [3.05, 3.63) is 47.7 Å². The number of carbonyl (C=O) groups is 1. The first-order chi connectivity index (χ1) is 15.6. The highest BCUT2D eigenvalue weighted by molar-refractivity contribution is 7.96. The number of pyridine rings is 1. The summed E-state index contributed by atoms with van der Waals surface area (Å²) < 4.78 is 29.0. The van der Waals surface area contributed by atoms with E-state index in [1.165, 1.54) is 25.3 Å². The van der Waals surface area contributed by atoms with Crippen LogP contribution in [0, 0.1) is 0 Å². The predicted molar refractivity (Wildman–Crippen MR) is 128 cm³/mol. The molecule has 174 valence electrons. The zero-order valence-electron chi connectivity index (χ0n) is 17.9. The van der Waals surface area contributed by atoms with Crippen LogP contribution in [-0.2, 0) is 16.5 Å². The van der Waals surface area contributed by atoms with E-state index in [0.717, 1.165) is 5.56 Å². The molecule has 0 radical (unpaired) electrons. The van der Waals surface area contributed by atoms with E-state index in [0.29, 0.717) is 28.7 Å². The van der Waals surface area contributed by atoms with Gasteiger partial charge in [0.1, 0.15) is 4.90 Å². The summed E-state index contributed by atoms with van der Waals surface area (Å²) in [4.78, 5) is 16.9. The van der Waals surface area contributed by atoms with Gasteiger partial charge in [-0.2, -0.15) is 5.10 Å². The Bertz CT molecular complexity index is 1350. The maximum atomic E-state index is 13.1. The highest BCUT2D eigenvalue weighted by atomic mass is 35.5. The van der Waals surface area contributed by atoms with Gasteiger partial charge in [-0.3, -0.25) is 0 Å². The van der Waals surface area contributed by atoms with Crippen molar-refractivity contribution in [1.29, 1.82) is 0 Å². The number of carbonyl (C=O) groups excluding carboxylic acids is 1. The van der Waals surface area contributed by atoms with Gasteiger partial charge in [0, 0.05) is 22.8 Å². The molecule has 3 N–H and O–H groups in total. The van der Waals surface area contributed by atoms with Crippen LogP contribution in [0.15, 0.2) is 52.0 Å². The Kier molecular flexibility index (Phi) is 6.27. The first-order valence-corrected chi connectivity index (χ1v) is 12.4. The molecule has 3 heterocycles. The van der Waals surface area contributed by atoms with Gasteiger partial charge in [0.15, 0.2) is 9.92 Å². The van der Waals surface area contributed by atoms with Crippen LogP contribution in [0.5, 0.6) is 11.8 Å². The van der Waals surface area contributed by atoms with Crippen LogP contribution >= 0.6 is 23.6 Å². The zero-order chi connectivity index (χ0) is 23.8. The number of nitrogens with two attached hydrogens (primary N) is 1. The smallest absolute Gasteiger partial charge is 0.354 e. The number of amides is 2. The van der Waals surface area contributed by atoms with Crippen LogP contribution in [-0.4, -0.2) is 36.9 Å². The van der Waals surface area contributed by atoms with Crippen molar-refractivity contribution in [2.24, 2.45) is 9.50 Å². The topological polar surface area (TPSA) is 134 Å². The number of rotatable bonds is 4. The van der Waals surface area contributed by atoms with Crippen LogP contribution in [0.4, 0.5) is 10.5 Å². The van der Waals surface area contributed by atoms with Crippen LogP contribution in [0.25, 0.3) is 11.1 Å². The number of halogens is 1. The summed E-state index contributed by atoms with van der Waals surface area (Å²) in [5.41, 5.74) is 1.71. The van der Waals surface area contributed by atoms with Gasteiger partial charge in [0.25, 0.3) is 0 Å². The maximum Gasteiger partial charge on any atom is 0.354 e. The Morgan fingerprint density at radius 2 is 2.18 bits per heavy atom. The number of benzene rings is 1. The fourth-order valence-electron chi connectivity index (χ4n) is 3.16. The highest BCUT2D eigenvalue weighted by Crippen LogP contribution is 2.39. The molecule has 1 atom stereocenters. The Morgan fingerprint density at radius 1 is 1.39 bits per heavy atom. The minimum absolute atomic E-state index is 0.0471. The third-order valence-electron chi connectivity index (χ3n) is 4.65. The third-order valence-corrected chi connectivity index (χ3v) is 7.05. The second-order valence-corrected chi connectivity index (χ2v) is 11.4. The largest absolute Gasteiger partial charge is 0.481 e. The summed E-state index contributed by atoms with van der Waals surface area (Å²) in [6.45, 7) is 4.50. The molecule has 2 amide bonds. The van der Waals surface area contributed by atoms with Crippen LogP contribution in [0.2, 0.25) is 5.02 Å². The van der Waals surface area contributed by atoms with Gasteiger partial charge in [-0.05, 0) is 37.6 Å². The number of urea groups is 1. The number of fused-ring (bicyclic) bond motifs is 1. The van der Waals surface area contributed by atoms with Crippen molar-refractivity contribution in [1.82, 2.24) is 14.8 Å². The van der Waals surface area contributed by atoms with Crippen molar-refractivity contribution in [2.45, 2.75) is 30.0 Å². The molecule has 13 heteroatoms. The molecule has 0 aliphatic carbocycles. The minimum atomic E-state index is -3.63. The molecule has 4 rings (SSSR count). The molecule has 0 fully saturated rings. The van der Waals surface area contributed by atoms with Gasteiger partial charge in [-0.15, -0.1) is 4.36 Å². The van der Waals surface area contributed by atoms with Gasteiger partial charge in [-0.25, -0.2) is 23.8 Å². The molecule has 1 aromatic carbocycles. The molecular weight excluding hydrogens is 488 g/mol. The van der Waals surface area contributed by atoms with E-state index in [1.54, 1.807) is 41.2 Å². The summed E-state index contributed by atoms with van der Waals surface area (Å²) in [5, 5.41) is 13.1. The van der Waals surface area contributed by atoms with E-state index in [1.807, 2.05) is 13.8 Å². The van der Waals surface area contributed by atoms with E-state index in [-0.39, 0.29) is 15.5 Å². The number of aromatic nitrogens is 3. The van der Waals surface area contributed by atoms with E-state index < -0.39 is 15.9 Å². The van der Waals surface area contributed by atoms with Crippen molar-refractivity contribution in [2.75, 3.05) is 12.4 Å². The number of nitrogens with one attached hydrogen (secondary N) is 1. The Hall–Kier alpha value is -2.80. The lowest BCUT2D eigenvalue weighted by atomic mass is 10.0. The fourth-order valence-corrected chi connectivity index (χ4v) is 5.03. The molecule has 10 nitrogen and oxygen atoms in total.